The van der Waals surface area contributed by atoms with Crippen LogP contribution in [-0.4, -0.2) is 130 Å². The molecule has 0 spiro atoms. The number of rotatable bonds is 12. The van der Waals surface area contributed by atoms with Gasteiger partial charge in [-0.25, -0.2) is 14.9 Å². The number of aliphatic hydroxyl groups is 4. The van der Waals surface area contributed by atoms with Crippen LogP contribution in [0.5, 0.6) is 11.5 Å². The van der Waals surface area contributed by atoms with Gasteiger partial charge in [-0.2, -0.15) is 4.99 Å². The number of nitrogens with two attached hydrogens (primary N) is 1. The molecule has 340 valence electrons. The molecule has 1 saturated heterocycles. The molecule has 20 heteroatoms. The molecule has 1 aromatic heterocycles. The topological polar surface area (TPSA) is 299 Å². The minimum atomic E-state index is -1.63. The maximum absolute atomic E-state index is 14.8. The summed E-state index contributed by atoms with van der Waals surface area (Å²) in [5, 5.41) is 54.5. The van der Waals surface area contributed by atoms with Crippen molar-refractivity contribution in [1.29, 1.82) is 5.41 Å². The first-order valence-corrected chi connectivity index (χ1v) is 21.0. The number of amidine groups is 1. The van der Waals surface area contributed by atoms with Crippen molar-refractivity contribution in [2.75, 3.05) is 32.2 Å². The molecule has 8 unspecified atom stereocenters. The van der Waals surface area contributed by atoms with E-state index in [4.69, 9.17) is 34.8 Å². The average molecular weight is 903 g/mol. The van der Waals surface area contributed by atoms with Crippen LogP contribution < -0.4 is 25.4 Å². The van der Waals surface area contributed by atoms with Gasteiger partial charge < -0.3 is 54.6 Å². The van der Waals surface area contributed by atoms with Crippen molar-refractivity contribution in [3.63, 3.8) is 0 Å². The Morgan fingerprint density at radius 3 is 2.64 bits per heavy atom. The van der Waals surface area contributed by atoms with Gasteiger partial charge in [0.05, 0.1) is 31.1 Å². The van der Waals surface area contributed by atoms with E-state index in [1.807, 2.05) is 0 Å². The number of aldehydes is 1. The number of ether oxygens (including phenoxy) is 5. The zero-order chi connectivity index (χ0) is 46.2. The van der Waals surface area contributed by atoms with Crippen molar-refractivity contribution in [3.8, 4) is 11.5 Å². The minimum Gasteiger partial charge on any atom is -0.499 e. The molecular formula is C46H44N7O13+. The van der Waals surface area contributed by atoms with Gasteiger partial charge in [0.15, 0.2) is 29.7 Å². The number of pyridine rings is 1. The second-order valence-electron chi connectivity index (χ2n) is 16.1. The number of aliphatic hydroxyl groups excluding tert-OH is 4. The highest BCUT2D eigenvalue weighted by Crippen LogP contribution is 2.48. The van der Waals surface area contributed by atoms with E-state index < -0.39 is 73.4 Å². The molecule has 2 bridgehead atoms. The third kappa shape index (κ3) is 8.26. The normalized spacial score (nSPS) is 24.8. The van der Waals surface area contributed by atoms with E-state index in [2.05, 4.69) is 20.3 Å². The fraction of sp³-hybridized carbons (Fsp3) is 0.304. The predicted molar refractivity (Wildman–Crippen MR) is 231 cm³/mol. The number of allylic oxidation sites excluding steroid dienone is 1. The van der Waals surface area contributed by atoms with E-state index in [0.29, 0.717) is 34.4 Å². The van der Waals surface area contributed by atoms with E-state index in [-0.39, 0.29) is 88.9 Å². The van der Waals surface area contributed by atoms with Crippen LogP contribution in [0.2, 0.25) is 0 Å². The summed E-state index contributed by atoms with van der Waals surface area (Å²) in [5.41, 5.74) is 7.95. The number of ketones is 2. The maximum Gasteiger partial charge on any atom is 0.284 e. The number of aliphatic imine (C=N–C) groups is 2. The van der Waals surface area contributed by atoms with Gasteiger partial charge in [-0.3, -0.25) is 25.1 Å². The number of nitrogens with zero attached hydrogens (tertiary/aromatic N) is 3. The summed E-state index contributed by atoms with van der Waals surface area (Å²) >= 11 is 0. The van der Waals surface area contributed by atoms with Gasteiger partial charge in [-0.05, 0) is 60.0 Å². The zero-order valence-corrected chi connectivity index (χ0v) is 35.0. The number of nitrogens with one attached hydrogen (secondary N) is 3. The Morgan fingerprint density at radius 2 is 1.83 bits per heavy atom. The molecule has 3 aromatic carbocycles. The molecule has 20 nitrogen and oxygen atoms in total. The zero-order valence-electron chi connectivity index (χ0n) is 35.0. The summed E-state index contributed by atoms with van der Waals surface area (Å²) in [6.07, 6.45) is -3.78. The second kappa shape index (κ2) is 18.4. The Labute approximate surface area is 375 Å². The summed E-state index contributed by atoms with van der Waals surface area (Å²) in [4.78, 5) is 67.3. The molecule has 66 heavy (non-hydrogen) atoms. The molecule has 0 saturated carbocycles. The Balaban J connectivity index is 1.25. The number of guanidine groups is 1. The van der Waals surface area contributed by atoms with E-state index in [1.54, 1.807) is 42.5 Å². The molecule has 1 fully saturated rings. The Hall–Kier alpha value is -7.04. The number of anilines is 1. The molecule has 9 N–H and O–H groups in total. The van der Waals surface area contributed by atoms with Crippen molar-refractivity contribution < 1.29 is 68.2 Å². The fourth-order valence-corrected chi connectivity index (χ4v) is 8.64. The number of nitrogen functional groups attached to an aromatic ring is 1. The molecule has 1 aliphatic carbocycles. The highest BCUT2D eigenvalue weighted by molar-refractivity contribution is 6.68. The van der Waals surface area contributed by atoms with Crippen LogP contribution in [0.4, 0.5) is 11.5 Å². The second-order valence-corrected chi connectivity index (χ2v) is 16.1. The quantitative estimate of drug-likeness (QED) is 0.0751. The molecule has 8 atom stereocenters. The number of hydrogen-bond donors (Lipinski definition) is 8. The number of benzene rings is 3. The molecule has 9 rings (SSSR count). The molecule has 4 aromatic rings. The number of hydrogen-bond acceptors (Lipinski definition) is 17. The van der Waals surface area contributed by atoms with Gasteiger partial charge in [0.1, 0.15) is 55.4 Å². The number of carbonyl (C=O) groups is 4. The van der Waals surface area contributed by atoms with Gasteiger partial charge in [-0.1, -0.05) is 24.3 Å². The Bertz CT molecular complexity index is 2740. The van der Waals surface area contributed by atoms with Gasteiger partial charge in [-0.15, -0.1) is 0 Å². The van der Waals surface area contributed by atoms with E-state index in [9.17, 15) is 39.6 Å². The SMILES string of the molecule is N=C1N=C2C(=NC[NH+]2c2ccccc2C2C=COCC3OC(Oc4c2cc2c(c4OCC(O)CC=O)C(=O)c4cc(CO)ccc4C2=O)C(OCCc2ccnc(N)c2)C(O)C3O)C(=O)N1. The number of para-hydroxylation sites is 1. The van der Waals surface area contributed by atoms with E-state index in [1.165, 1.54) is 36.7 Å². The summed E-state index contributed by atoms with van der Waals surface area (Å²) < 4.78 is 31.8. The highest BCUT2D eigenvalue weighted by Gasteiger charge is 2.49. The lowest BCUT2D eigenvalue weighted by Crippen LogP contribution is -3.09. The lowest BCUT2D eigenvalue weighted by atomic mass is 9.79. The smallest absolute Gasteiger partial charge is 0.284 e. The molecule has 0 radical (unpaired) electrons. The summed E-state index contributed by atoms with van der Waals surface area (Å²) in [6.45, 7) is -1.29. The molecule has 5 heterocycles. The number of aromatic nitrogens is 1. The first-order valence-electron chi connectivity index (χ1n) is 21.0. The number of carbonyl (C=O) groups excluding carboxylic acids is 4. The van der Waals surface area contributed by atoms with Crippen molar-refractivity contribution in [2.45, 2.75) is 62.2 Å². The van der Waals surface area contributed by atoms with Crippen molar-refractivity contribution in [3.05, 3.63) is 124 Å². The third-order valence-corrected chi connectivity index (χ3v) is 11.9. The van der Waals surface area contributed by atoms with Crippen LogP contribution >= 0.6 is 0 Å². The first-order chi connectivity index (χ1) is 31.9. The Kier molecular flexibility index (Phi) is 12.3. The van der Waals surface area contributed by atoms with Crippen LogP contribution in [0.3, 0.4) is 0 Å². The summed E-state index contributed by atoms with van der Waals surface area (Å²) in [5.74, 6) is -3.25. The van der Waals surface area contributed by atoms with Gasteiger partial charge in [0.25, 0.3) is 11.7 Å². The van der Waals surface area contributed by atoms with Crippen LogP contribution in [0.15, 0.2) is 89.2 Å². The first kappa shape index (κ1) is 44.2. The van der Waals surface area contributed by atoms with Crippen molar-refractivity contribution in [1.82, 2.24) is 10.3 Å². The maximum atomic E-state index is 14.8. The molecule has 5 aliphatic rings. The highest BCUT2D eigenvalue weighted by atomic mass is 16.7. The fourth-order valence-electron chi connectivity index (χ4n) is 8.64. The molecule has 1 amide bonds. The predicted octanol–water partition coefficient (Wildman–Crippen LogP) is -0.219. The lowest BCUT2D eigenvalue weighted by molar-refractivity contribution is -0.723. The van der Waals surface area contributed by atoms with E-state index >= 15 is 0 Å². The van der Waals surface area contributed by atoms with Crippen molar-refractivity contribution in [2.24, 2.45) is 9.98 Å². The van der Waals surface area contributed by atoms with Gasteiger partial charge >= 0.3 is 0 Å². The largest absolute Gasteiger partial charge is 0.499 e. The summed E-state index contributed by atoms with van der Waals surface area (Å²) in [7, 11) is 0. The summed E-state index contributed by atoms with van der Waals surface area (Å²) in [6, 6.07) is 16.3. The molecular weight excluding hydrogens is 859 g/mol. The minimum absolute atomic E-state index is 0.0212. The van der Waals surface area contributed by atoms with Crippen LogP contribution in [0, 0.1) is 5.41 Å². The van der Waals surface area contributed by atoms with Crippen molar-refractivity contribution >= 4 is 52.8 Å². The Morgan fingerprint density at radius 1 is 1.00 bits per heavy atom. The monoisotopic (exact) mass is 902 g/mol. The number of fused-ring (bicyclic) bond motifs is 6. The van der Waals surface area contributed by atoms with E-state index in [0.717, 1.165) is 5.56 Å². The lowest BCUT2D eigenvalue weighted by Gasteiger charge is -2.42. The van der Waals surface area contributed by atoms with Crippen LogP contribution in [-0.2, 0) is 36.8 Å². The standard InChI is InChI=1S/C46H43N7O13/c47-33-16-22(7-11-49-33)9-14-63-42-39(60)38(59)32-20-62-13-10-25(26-3-1-2-4-31(26)53-21-50-35-43(53)51-46(48)52-44(35)61)29-17-30-34(37(58)28-15-23(18-55)5-6-27(28)36(30)57)41(40(29)66-45(42)65-32)64-19-24(56)8-12-54/h1-7,10-13,15-17,24-25,32,38-39,42,45,55-56,59-60H,8-9,14,18-21H2,(H2,47,49)(H2,48,52,61)/p+1. The van der Waals surface area contributed by atoms with Gasteiger partial charge in [0.2, 0.25) is 18.0 Å². The number of quaternary nitrogens is 1. The average Bonchev–Trinajstić information content (AvgIpc) is 3.73. The molecule has 4 aliphatic heterocycles. The number of amides is 1. The van der Waals surface area contributed by atoms with Crippen LogP contribution in [0.25, 0.3) is 0 Å². The third-order valence-electron chi connectivity index (χ3n) is 11.9. The van der Waals surface area contributed by atoms with Gasteiger partial charge in [0, 0.05) is 46.4 Å². The van der Waals surface area contributed by atoms with Crippen LogP contribution in [0.1, 0.15) is 66.4 Å².